The topological polar surface area (TPSA) is 93.3 Å². The van der Waals surface area contributed by atoms with Crippen LogP contribution in [0.3, 0.4) is 0 Å². The average Bonchev–Trinajstić information content (AvgIpc) is 3.02. The van der Waals surface area contributed by atoms with E-state index in [4.69, 9.17) is 32.7 Å². The molecule has 2 atom stereocenters. The van der Waals surface area contributed by atoms with Crippen LogP contribution in [-0.2, 0) is 25.6 Å². The zero-order valence-corrected chi connectivity index (χ0v) is 20.8. The highest BCUT2D eigenvalue weighted by molar-refractivity contribution is 6.35. The molecule has 0 spiro atoms. The highest BCUT2D eigenvalue weighted by Gasteiger charge is 2.23. The number of benzene rings is 1. The molecule has 0 radical (unpaired) electrons. The first-order valence-electron chi connectivity index (χ1n) is 10.3. The number of methoxy groups -OCH3 is 1. The number of esters is 1. The van der Waals surface area contributed by atoms with Crippen molar-refractivity contribution in [1.29, 1.82) is 5.26 Å². The van der Waals surface area contributed by atoms with E-state index < -0.39 is 24.0 Å². The highest BCUT2D eigenvalue weighted by Crippen LogP contribution is 2.26. The van der Waals surface area contributed by atoms with E-state index in [1.165, 1.54) is 13.0 Å². The Labute approximate surface area is 203 Å². The lowest BCUT2D eigenvalue weighted by Gasteiger charge is -2.19. The third-order valence-electron chi connectivity index (χ3n) is 5.21. The smallest absolute Gasteiger partial charge is 0.349 e. The molecule has 0 aliphatic heterocycles. The molecular weight excluding hydrogens is 465 g/mol. The molecule has 0 saturated carbocycles. The summed E-state index contributed by atoms with van der Waals surface area (Å²) < 4.78 is 12.4. The molecule has 1 aromatic carbocycles. The lowest BCUT2D eigenvalue weighted by molar-refractivity contribution is -0.151. The summed E-state index contributed by atoms with van der Waals surface area (Å²) >= 11 is 12.1. The van der Waals surface area contributed by atoms with Crippen molar-refractivity contribution in [2.45, 2.75) is 46.4 Å². The maximum atomic E-state index is 12.6. The van der Waals surface area contributed by atoms with Crippen molar-refractivity contribution in [3.05, 3.63) is 62.4 Å². The van der Waals surface area contributed by atoms with Crippen LogP contribution >= 0.6 is 23.2 Å². The van der Waals surface area contributed by atoms with Crippen LogP contribution in [0.5, 0.6) is 0 Å². The largest absolute Gasteiger partial charge is 0.448 e. The number of halogens is 2. The third-order valence-corrected chi connectivity index (χ3v) is 5.78. The van der Waals surface area contributed by atoms with Crippen molar-refractivity contribution in [2.24, 2.45) is 0 Å². The van der Waals surface area contributed by atoms with Gasteiger partial charge in [0.2, 0.25) is 0 Å². The summed E-state index contributed by atoms with van der Waals surface area (Å²) in [7, 11) is 1.63. The fourth-order valence-corrected chi connectivity index (χ4v) is 3.90. The normalized spacial score (nSPS) is 13.2. The molecule has 1 N–H and O–H groups in total. The second kappa shape index (κ2) is 11.9. The minimum Gasteiger partial charge on any atom is -0.448 e. The van der Waals surface area contributed by atoms with Crippen LogP contribution in [0.1, 0.15) is 42.4 Å². The summed E-state index contributed by atoms with van der Waals surface area (Å²) in [5.41, 5.74) is 3.07. The van der Waals surface area contributed by atoms with Gasteiger partial charge in [-0.3, -0.25) is 4.79 Å². The molecule has 7 nitrogen and oxygen atoms in total. The van der Waals surface area contributed by atoms with Gasteiger partial charge in [-0.05, 0) is 63.1 Å². The van der Waals surface area contributed by atoms with E-state index in [1.807, 2.05) is 30.6 Å². The Hall–Kier alpha value is -2.79. The third kappa shape index (κ3) is 6.84. The van der Waals surface area contributed by atoms with Gasteiger partial charge in [-0.1, -0.05) is 29.3 Å². The van der Waals surface area contributed by atoms with Crippen LogP contribution in [0, 0.1) is 25.2 Å². The molecule has 0 aliphatic rings. The molecular formula is C24H27Cl2N3O4. The van der Waals surface area contributed by atoms with Crippen molar-refractivity contribution in [2.75, 3.05) is 13.7 Å². The summed E-state index contributed by atoms with van der Waals surface area (Å²) in [4.78, 5) is 25.1. The number of nitrogens with zero attached hydrogens (tertiary/aromatic N) is 2. The van der Waals surface area contributed by atoms with E-state index in [2.05, 4.69) is 5.32 Å². The molecule has 1 heterocycles. The molecule has 2 rings (SSSR count). The van der Waals surface area contributed by atoms with Crippen LogP contribution in [0.4, 0.5) is 0 Å². The molecule has 1 aromatic heterocycles. The number of ether oxygens (including phenoxy) is 2. The molecule has 2 aromatic rings. The van der Waals surface area contributed by atoms with Gasteiger partial charge >= 0.3 is 5.97 Å². The van der Waals surface area contributed by atoms with E-state index in [0.717, 1.165) is 17.0 Å². The zero-order chi connectivity index (χ0) is 24.7. The SMILES string of the molecule is COCCn1c(C)cc(/C=C(\C#N)C(=O)OC(C)C(=O)NC(C)c2ccc(Cl)cc2Cl)c1C. The minimum atomic E-state index is -1.11. The van der Waals surface area contributed by atoms with Gasteiger partial charge in [-0.15, -0.1) is 0 Å². The van der Waals surface area contributed by atoms with E-state index in [9.17, 15) is 14.9 Å². The molecule has 2 unspecified atom stereocenters. The monoisotopic (exact) mass is 491 g/mol. The van der Waals surface area contributed by atoms with Crippen molar-refractivity contribution in [1.82, 2.24) is 9.88 Å². The first kappa shape index (κ1) is 26.5. The molecule has 0 aliphatic carbocycles. The Morgan fingerprint density at radius 3 is 2.55 bits per heavy atom. The number of aryl methyl sites for hydroxylation is 1. The Morgan fingerprint density at radius 1 is 1.24 bits per heavy atom. The number of carbonyl (C=O) groups is 2. The summed E-state index contributed by atoms with van der Waals surface area (Å²) in [5, 5.41) is 13.1. The number of hydrogen-bond acceptors (Lipinski definition) is 5. The fourth-order valence-electron chi connectivity index (χ4n) is 3.33. The number of nitrogens with one attached hydrogen (secondary N) is 1. The van der Waals surface area contributed by atoms with Gasteiger partial charge < -0.3 is 19.4 Å². The van der Waals surface area contributed by atoms with Gasteiger partial charge in [-0.25, -0.2) is 4.79 Å². The molecule has 33 heavy (non-hydrogen) atoms. The summed E-state index contributed by atoms with van der Waals surface area (Å²) in [6.45, 7) is 8.22. The Balaban J connectivity index is 2.09. The van der Waals surface area contributed by atoms with Crippen LogP contribution < -0.4 is 5.32 Å². The standard InChI is InChI=1S/C24H27Cl2N3O4/c1-14-10-18(16(3)29(14)8-9-32-5)11-19(13-27)24(31)33-17(4)23(30)28-15(2)21-7-6-20(25)12-22(21)26/h6-7,10-12,15,17H,8-9H2,1-5H3,(H,28,30)/b19-11+. The van der Waals surface area contributed by atoms with Gasteiger partial charge in [0, 0.05) is 35.1 Å². The Bertz CT molecular complexity index is 1100. The van der Waals surface area contributed by atoms with Crippen LogP contribution in [0.15, 0.2) is 29.8 Å². The zero-order valence-electron chi connectivity index (χ0n) is 19.2. The molecule has 0 saturated heterocycles. The van der Waals surface area contributed by atoms with Crippen molar-refractivity contribution >= 4 is 41.2 Å². The molecule has 0 fully saturated rings. The van der Waals surface area contributed by atoms with E-state index >= 15 is 0 Å². The molecule has 9 heteroatoms. The maximum absolute atomic E-state index is 12.6. The lowest BCUT2D eigenvalue weighted by Crippen LogP contribution is -2.37. The number of hydrogen-bond donors (Lipinski definition) is 1. The summed E-state index contributed by atoms with van der Waals surface area (Å²) in [6.07, 6.45) is 0.353. The minimum absolute atomic E-state index is 0.199. The maximum Gasteiger partial charge on any atom is 0.349 e. The summed E-state index contributed by atoms with van der Waals surface area (Å²) in [5.74, 6) is -1.39. The molecule has 1 amide bonds. The first-order chi connectivity index (χ1) is 15.6. The van der Waals surface area contributed by atoms with E-state index in [0.29, 0.717) is 28.8 Å². The van der Waals surface area contributed by atoms with Crippen molar-refractivity contribution < 1.29 is 19.1 Å². The van der Waals surface area contributed by atoms with Gasteiger partial charge in [0.05, 0.1) is 12.6 Å². The predicted molar refractivity (Wildman–Crippen MR) is 128 cm³/mol. The number of amides is 1. The Morgan fingerprint density at radius 2 is 1.94 bits per heavy atom. The molecule has 176 valence electrons. The van der Waals surface area contributed by atoms with Gasteiger partial charge in [0.1, 0.15) is 11.6 Å². The van der Waals surface area contributed by atoms with E-state index in [1.54, 1.807) is 32.2 Å². The first-order valence-corrected chi connectivity index (χ1v) is 11.1. The van der Waals surface area contributed by atoms with Gasteiger partial charge in [0.25, 0.3) is 5.91 Å². The summed E-state index contributed by atoms with van der Waals surface area (Å²) in [6, 6.07) is 8.27. The second-order valence-corrected chi connectivity index (χ2v) is 8.43. The lowest BCUT2D eigenvalue weighted by atomic mass is 10.1. The van der Waals surface area contributed by atoms with Gasteiger partial charge in [0.15, 0.2) is 6.10 Å². The van der Waals surface area contributed by atoms with Crippen LogP contribution in [-0.4, -0.2) is 36.3 Å². The fraction of sp³-hybridized carbons (Fsp3) is 0.375. The number of nitriles is 1. The van der Waals surface area contributed by atoms with E-state index in [-0.39, 0.29) is 5.57 Å². The predicted octanol–water partition coefficient (Wildman–Crippen LogP) is 4.77. The van der Waals surface area contributed by atoms with Crippen LogP contribution in [0.2, 0.25) is 10.0 Å². The second-order valence-electron chi connectivity index (χ2n) is 7.58. The number of carbonyl (C=O) groups excluding carboxylic acids is 2. The van der Waals surface area contributed by atoms with Crippen molar-refractivity contribution in [3.8, 4) is 6.07 Å². The number of aromatic nitrogens is 1. The molecule has 0 bridgehead atoms. The van der Waals surface area contributed by atoms with Gasteiger partial charge in [-0.2, -0.15) is 5.26 Å². The van der Waals surface area contributed by atoms with Crippen LogP contribution in [0.25, 0.3) is 6.08 Å². The highest BCUT2D eigenvalue weighted by atomic mass is 35.5. The average molecular weight is 492 g/mol. The quantitative estimate of drug-likeness (QED) is 0.309. The Kier molecular flexibility index (Phi) is 9.54. The number of rotatable bonds is 9. The van der Waals surface area contributed by atoms with Crippen molar-refractivity contribution in [3.63, 3.8) is 0 Å².